The first-order valence-corrected chi connectivity index (χ1v) is 6.65. The van der Waals surface area contributed by atoms with Crippen molar-refractivity contribution in [3.05, 3.63) is 64.8 Å². The highest BCUT2D eigenvalue weighted by molar-refractivity contribution is 7.71. The monoisotopic (exact) mass is 257 g/mol. The minimum absolute atomic E-state index is 0.860. The van der Waals surface area contributed by atoms with Crippen LogP contribution in [0.25, 0.3) is 10.1 Å². The topological polar surface area (TPSA) is 4.93 Å². The van der Waals surface area contributed by atoms with Gasteiger partial charge in [-0.15, -0.1) is 0 Å². The first-order chi connectivity index (χ1) is 8.34. The Morgan fingerprint density at radius 1 is 0.941 bits per heavy atom. The van der Waals surface area contributed by atoms with Crippen molar-refractivity contribution in [2.75, 3.05) is 0 Å². The van der Waals surface area contributed by atoms with Crippen molar-refractivity contribution >= 4 is 33.8 Å². The summed E-state index contributed by atoms with van der Waals surface area (Å²) in [5, 5.41) is 1.18. The molecule has 1 heterocycles. The van der Waals surface area contributed by atoms with E-state index in [9.17, 15) is 0 Å². The molecule has 0 spiro atoms. The molecule has 0 aliphatic heterocycles. The third kappa shape index (κ3) is 2.04. The van der Waals surface area contributed by atoms with E-state index in [0.29, 0.717) is 0 Å². The molecule has 0 saturated heterocycles. The molecule has 2 aromatic carbocycles. The van der Waals surface area contributed by atoms with Gasteiger partial charge in [0.25, 0.3) is 0 Å². The third-order valence-electron chi connectivity index (χ3n) is 2.72. The van der Waals surface area contributed by atoms with E-state index in [2.05, 4.69) is 46.4 Å². The highest BCUT2D eigenvalue weighted by Gasteiger charge is 2.03. The van der Waals surface area contributed by atoms with Gasteiger partial charge in [-0.05, 0) is 11.6 Å². The number of hydrogen-bond acceptors (Lipinski definition) is 2. The maximum Gasteiger partial charge on any atom is 0.124 e. The second kappa shape index (κ2) is 4.43. The summed E-state index contributed by atoms with van der Waals surface area (Å²) in [6.45, 7) is 0.860. The summed E-state index contributed by atoms with van der Waals surface area (Å²) in [7, 11) is 0. The van der Waals surface area contributed by atoms with Crippen molar-refractivity contribution in [1.29, 1.82) is 0 Å². The second-order valence-electron chi connectivity index (χ2n) is 3.91. The predicted octanol–water partition coefficient (Wildman–Crippen LogP) is 4.48. The van der Waals surface area contributed by atoms with Crippen molar-refractivity contribution in [3.8, 4) is 0 Å². The molecule has 0 saturated carbocycles. The Bertz CT molecular complexity index is 695. The molecule has 0 amide bonds. The van der Waals surface area contributed by atoms with E-state index < -0.39 is 0 Å². The fourth-order valence-electron chi connectivity index (χ4n) is 1.87. The Balaban J connectivity index is 2.07. The van der Waals surface area contributed by atoms with Gasteiger partial charge in [-0.3, -0.25) is 3.96 Å². The molecule has 0 aliphatic rings. The summed E-state index contributed by atoms with van der Waals surface area (Å²) < 4.78 is 4.37. The summed E-state index contributed by atoms with van der Waals surface area (Å²) >= 11 is 7.23. The molecule has 0 N–H and O–H groups in total. The maximum absolute atomic E-state index is 5.50. The van der Waals surface area contributed by atoms with Crippen molar-refractivity contribution in [2.24, 2.45) is 0 Å². The van der Waals surface area contributed by atoms with E-state index >= 15 is 0 Å². The Kier molecular flexibility index (Phi) is 2.79. The summed E-state index contributed by atoms with van der Waals surface area (Å²) in [5.74, 6) is 0. The zero-order valence-electron chi connectivity index (χ0n) is 9.17. The van der Waals surface area contributed by atoms with E-state index in [1.54, 1.807) is 11.5 Å². The fourth-order valence-corrected chi connectivity index (χ4v) is 3.32. The average molecular weight is 257 g/mol. The first-order valence-electron chi connectivity index (χ1n) is 5.47. The molecular weight excluding hydrogens is 246 g/mol. The van der Waals surface area contributed by atoms with Gasteiger partial charge in [0, 0.05) is 5.39 Å². The lowest BCUT2D eigenvalue weighted by atomic mass is 10.2. The van der Waals surface area contributed by atoms with Gasteiger partial charge < -0.3 is 0 Å². The summed E-state index contributed by atoms with van der Waals surface area (Å²) in [4.78, 5) is 0. The lowest BCUT2D eigenvalue weighted by Gasteiger charge is -2.00. The normalized spacial score (nSPS) is 10.8. The van der Waals surface area contributed by atoms with Crippen LogP contribution in [0, 0.1) is 4.64 Å². The number of rotatable bonds is 2. The molecule has 0 atom stereocenters. The molecule has 1 aromatic heterocycles. The minimum atomic E-state index is 0.860. The SMILES string of the molecule is S=c1c2ccccc2sn1Cc1ccccc1. The number of hydrogen-bond donors (Lipinski definition) is 0. The number of nitrogens with zero attached hydrogens (tertiary/aromatic N) is 1. The maximum atomic E-state index is 5.50. The molecule has 0 radical (unpaired) electrons. The molecular formula is C14H11NS2. The Morgan fingerprint density at radius 2 is 1.65 bits per heavy atom. The van der Waals surface area contributed by atoms with Gasteiger partial charge in [-0.2, -0.15) is 0 Å². The van der Waals surface area contributed by atoms with Crippen molar-refractivity contribution < 1.29 is 0 Å². The molecule has 0 unspecified atom stereocenters. The summed E-state index contributed by atoms with van der Waals surface area (Å²) in [6, 6.07) is 18.7. The van der Waals surface area contributed by atoms with Crippen LogP contribution in [0.4, 0.5) is 0 Å². The highest BCUT2D eigenvalue weighted by Crippen LogP contribution is 2.23. The lowest BCUT2D eigenvalue weighted by Crippen LogP contribution is -1.94. The molecule has 0 bridgehead atoms. The Labute approximate surface area is 109 Å². The zero-order valence-corrected chi connectivity index (χ0v) is 10.8. The van der Waals surface area contributed by atoms with E-state index in [0.717, 1.165) is 11.2 Å². The van der Waals surface area contributed by atoms with Crippen LogP contribution in [0.3, 0.4) is 0 Å². The molecule has 0 fully saturated rings. The van der Waals surface area contributed by atoms with Gasteiger partial charge in [-0.25, -0.2) is 0 Å². The Morgan fingerprint density at radius 3 is 2.41 bits per heavy atom. The van der Waals surface area contributed by atoms with Crippen LogP contribution < -0.4 is 0 Å². The Hall–Kier alpha value is -1.45. The van der Waals surface area contributed by atoms with Crippen LogP contribution in [0.5, 0.6) is 0 Å². The van der Waals surface area contributed by atoms with Gasteiger partial charge in [0.15, 0.2) is 0 Å². The number of benzene rings is 2. The summed E-state index contributed by atoms with van der Waals surface area (Å²) in [5.41, 5.74) is 1.29. The quantitative estimate of drug-likeness (QED) is 0.613. The van der Waals surface area contributed by atoms with Crippen LogP contribution in [0.15, 0.2) is 54.6 Å². The molecule has 3 heteroatoms. The minimum Gasteiger partial charge on any atom is -0.283 e. The molecule has 1 nitrogen and oxygen atoms in total. The van der Waals surface area contributed by atoms with Crippen LogP contribution in [-0.2, 0) is 6.54 Å². The largest absolute Gasteiger partial charge is 0.283 e. The van der Waals surface area contributed by atoms with Gasteiger partial charge in [-0.1, -0.05) is 72.3 Å². The smallest absolute Gasteiger partial charge is 0.124 e. The van der Waals surface area contributed by atoms with Crippen LogP contribution >= 0.6 is 23.8 Å². The van der Waals surface area contributed by atoms with Crippen LogP contribution in [-0.4, -0.2) is 3.96 Å². The van der Waals surface area contributed by atoms with E-state index in [1.165, 1.54) is 15.6 Å². The van der Waals surface area contributed by atoms with Gasteiger partial charge in [0.1, 0.15) is 4.64 Å². The number of fused-ring (bicyclic) bond motifs is 1. The standard InChI is InChI=1S/C14H11NS2/c16-14-12-8-4-5-9-13(12)17-15(14)10-11-6-2-1-3-7-11/h1-9H,10H2. The highest BCUT2D eigenvalue weighted by atomic mass is 32.1. The van der Waals surface area contributed by atoms with Crippen molar-refractivity contribution in [3.63, 3.8) is 0 Å². The first kappa shape index (κ1) is 10.7. The summed E-state index contributed by atoms with van der Waals surface area (Å²) in [6.07, 6.45) is 0. The van der Waals surface area contributed by atoms with Crippen molar-refractivity contribution in [1.82, 2.24) is 3.96 Å². The van der Waals surface area contributed by atoms with Gasteiger partial charge in [0.2, 0.25) is 0 Å². The molecule has 17 heavy (non-hydrogen) atoms. The van der Waals surface area contributed by atoms with Gasteiger partial charge >= 0.3 is 0 Å². The van der Waals surface area contributed by atoms with Crippen LogP contribution in [0.1, 0.15) is 5.56 Å². The predicted molar refractivity (Wildman–Crippen MR) is 76.2 cm³/mol. The van der Waals surface area contributed by atoms with Crippen LogP contribution in [0.2, 0.25) is 0 Å². The second-order valence-corrected chi connectivity index (χ2v) is 5.36. The third-order valence-corrected chi connectivity index (χ3v) is 4.36. The van der Waals surface area contributed by atoms with Gasteiger partial charge in [0.05, 0.1) is 11.2 Å². The zero-order chi connectivity index (χ0) is 11.7. The molecule has 0 aliphatic carbocycles. The fraction of sp³-hybridized carbons (Fsp3) is 0.0714. The van der Waals surface area contributed by atoms with E-state index in [-0.39, 0.29) is 0 Å². The molecule has 84 valence electrons. The lowest BCUT2D eigenvalue weighted by molar-refractivity contribution is 0.874. The van der Waals surface area contributed by atoms with E-state index in [1.807, 2.05) is 12.1 Å². The molecule has 3 rings (SSSR count). The molecule has 3 aromatic rings. The van der Waals surface area contributed by atoms with Crippen molar-refractivity contribution in [2.45, 2.75) is 6.54 Å². The van der Waals surface area contributed by atoms with E-state index in [4.69, 9.17) is 12.2 Å². The number of aromatic nitrogens is 1. The average Bonchev–Trinajstić information content (AvgIpc) is 2.68.